The molecule has 7 heteroatoms. The largest absolute Gasteiger partial charge is 0.497 e. The van der Waals surface area contributed by atoms with E-state index in [2.05, 4.69) is 10.3 Å². The number of carbonyl (C=O) groups excluding carboxylic acids is 1. The van der Waals surface area contributed by atoms with Gasteiger partial charge in [-0.15, -0.1) is 0 Å². The van der Waals surface area contributed by atoms with Crippen LogP contribution in [-0.2, 0) is 0 Å². The van der Waals surface area contributed by atoms with Crippen molar-refractivity contribution in [2.24, 2.45) is 0 Å². The van der Waals surface area contributed by atoms with Gasteiger partial charge < -0.3 is 14.8 Å². The van der Waals surface area contributed by atoms with Crippen molar-refractivity contribution in [1.82, 2.24) is 4.98 Å². The smallest absolute Gasteiger partial charge is 0.262 e. The highest BCUT2D eigenvalue weighted by molar-refractivity contribution is 6.31. The molecule has 1 unspecified atom stereocenters. The van der Waals surface area contributed by atoms with Crippen LogP contribution in [0.3, 0.4) is 0 Å². The van der Waals surface area contributed by atoms with Gasteiger partial charge in [0.05, 0.1) is 31.2 Å². The van der Waals surface area contributed by atoms with E-state index in [1.165, 1.54) is 0 Å². The highest BCUT2D eigenvalue weighted by Crippen LogP contribution is 2.39. The van der Waals surface area contributed by atoms with Crippen molar-refractivity contribution in [3.63, 3.8) is 0 Å². The fraction of sp³-hybridized carbons (Fsp3) is 0.143. The second kappa shape index (κ2) is 7.40. The van der Waals surface area contributed by atoms with Gasteiger partial charge in [0.2, 0.25) is 0 Å². The number of hydrogen-bond acceptors (Lipinski definition) is 5. The lowest BCUT2D eigenvalue weighted by atomic mass is 10.2. The lowest BCUT2D eigenvalue weighted by Gasteiger charge is -2.27. The average molecular weight is 396 g/mol. The highest BCUT2D eigenvalue weighted by atomic mass is 35.5. The number of rotatable bonds is 5. The average Bonchev–Trinajstić information content (AvgIpc) is 3.00. The molecule has 3 aromatic rings. The van der Waals surface area contributed by atoms with Crippen LogP contribution in [0, 0.1) is 0 Å². The zero-order chi connectivity index (χ0) is 19.7. The Kier molecular flexibility index (Phi) is 4.79. The first-order valence-electron chi connectivity index (χ1n) is 8.65. The van der Waals surface area contributed by atoms with Crippen molar-refractivity contribution >= 4 is 28.9 Å². The van der Waals surface area contributed by atoms with Crippen LogP contribution in [0.2, 0.25) is 5.02 Å². The van der Waals surface area contributed by atoms with Gasteiger partial charge in [0, 0.05) is 16.9 Å². The van der Waals surface area contributed by atoms with Gasteiger partial charge in [0.1, 0.15) is 11.5 Å². The summed E-state index contributed by atoms with van der Waals surface area (Å²) in [6.45, 7) is 0. The van der Waals surface area contributed by atoms with E-state index >= 15 is 0 Å². The third kappa shape index (κ3) is 3.12. The van der Waals surface area contributed by atoms with Crippen molar-refractivity contribution in [1.29, 1.82) is 0 Å². The van der Waals surface area contributed by atoms with Crippen LogP contribution in [0.1, 0.15) is 22.2 Å². The predicted octanol–water partition coefficient (Wildman–Crippen LogP) is 4.52. The maximum Gasteiger partial charge on any atom is 0.262 e. The van der Waals surface area contributed by atoms with Crippen molar-refractivity contribution in [2.75, 3.05) is 24.4 Å². The molecule has 1 aliphatic rings. The minimum absolute atomic E-state index is 0.133. The van der Waals surface area contributed by atoms with E-state index in [0.29, 0.717) is 33.5 Å². The molecule has 0 saturated heterocycles. The Balaban J connectivity index is 1.79. The number of methoxy groups -OCH3 is 2. The molecule has 28 heavy (non-hydrogen) atoms. The van der Waals surface area contributed by atoms with E-state index in [0.717, 1.165) is 5.69 Å². The number of halogens is 1. The molecule has 0 saturated carbocycles. The first kappa shape index (κ1) is 18.1. The van der Waals surface area contributed by atoms with E-state index < -0.39 is 6.17 Å². The summed E-state index contributed by atoms with van der Waals surface area (Å²) in [7, 11) is 3.19. The summed E-state index contributed by atoms with van der Waals surface area (Å²) in [5.74, 6) is 1.20. The monoisotopic (exact) mass is 395 g/mol. The second-order valence-electron chi connectivity index (χ2n) is 6.20. The molecular formula is C21H18ClN3O3. The minimum Gasteiger partial charge on any atom is -0.497 e. The predicted molar refractivity (Wildman–Crippen MR) is 108 cm³/mol. The molecule has 1 amide bonds. The topological polar surface area (TPSA) is 63.7 Å². The first-order valence-corrected chi connectivity index (χ1v) is 9.03. The van der Waals surface area contributed by atoms with Crippen molar-refractivity contribution in [3.8, 4) is 11.5 Å². The number of ether oxygens (including phenoxy) is 2. The van der Waals surface area contributed by atoms with Gasteiger partial charge in [-0.3, -0.25) is 14.7 Å². The molecule has 142 valence electrons. The Hall–Kier alpha value is -3.25. The number of hydrogen-bond donors (Lipinski definition) is 1. The Morgan fingerprint density at radius 2 is 1.86 bits per heavy atom. The number of fused-ring (bicyclic) bond motifs is 1. The number of nitrogens with zero attached hydrogens (tertiary/aromatic N) is 2. The van der Waals surface area contributed by atoms with Crippen LogP contribution in [0.25, 0.3) is 0 Å². The Morgan fingerprint density at radius 3 is 2.57 bits per heavy atom. The molecule has 4 rings (SSSR count). The van der Waals surface area contributed by atoms with Crippen molar-refractivity contribution in [3.05, 3.63) is 77.1 Å². The molecule has 2 aromatic carbocycles. The maximum atomic E-state index is 13.1. The zero-order valence-electron chi connectivity index (χ0n) is 15.3. The van der Waals surface area contributed by atoms with Crippen molar-refractivity contribution in [2.45, 2.75) is 6.17 Å². The number of aromatic nitrogens is 1. The lowest BCUT2D eigenvalue weighted by molar-refractivity contribution is 0.0993. The van der Waals surface area contributed by atoms with Gasteiger partial charge >= 0.3 is 0 Å². The summed E-state index contributed by atoms with van der Waals surface area (Å²) < 4.78 is 10.7. The standard InChI is InChI=1S/C21H18ClN3O3/c1-27-15-8-6-14(7-9-15)25-20(19-16(21(25)26)4-3-11-23-19)24-17-12-13(22)5-10-18(17)28-2/h3-12,20,24H,1-2H3. The Bertz CT molecular complexity index is 1020. The van der Waals surface area contributed by atoms with E-state index in [9.17, 15) is 4.79 Å². The van der Waals surface area contributed by atoms with Crippen LogP contribution in [0.15, 0.2) is 60.8 Å². The fourth-order valence-electron chi connectivity index (χ4n) is 3.27. The summed E-state index contributed by atoms with van der Waals surface area (Å²) in [5, 5.41) is 3.93. The number of pyridine rings is 1. The second-order valence-corrected chi connectivity index (χ2v) is 6.64. The Labute approximate surface area is 167 Å². The first-order chi connectivity index (χ1) is 13.6. The molecular weight excluding hydrogens is 378 g/mol. The summed E-state index contributed by atoms with van der Waals surface area (Å²) >= 11 is 6.17. The molecule has 1 aliphatic heterocycles. The molecule has 1 N–H and O–H groups in total. The minimum atomic E-state index is -0.510. The molecule has 0 spiro atoms. The molecule has 0 aliphatic carbocycles. The summed E-state index contributed by atoms with van der Waals surface area (Å²) in [6.07, 6.45) is 1.16. The number of anilines is 2. The van der Waals surface area contributed by atoms with E-state index in [4.69, 9.17) is 21.1 Å². The maximum absolute atomic E-state index is 13.1. The molecule has 2 heterocycles. The van der Waals surface area contributed by atoms with E-state index in [-0.39, 0.29) is 5.91 Å². The van der Waals surface area contributed by atoms with Crippen molar-refractivity contribution < 1.29 is 14.3 Å². The molecule has 1 atom stereocenters. The van der Waals surface area contributed by atoms with Gasteiger partial charge in [0.25, 0.3) is 5.91 Å². The van der Waals surface area contributed by atoms with Gasteiger partial charge in [-0.2, -0.15) is 0 Å². The van der Waals surface area contributed by atoms with Crippen LogP contribution < -0.4 is 19.7 Å². The number of carbonyl (C=O) groups is 1. The van der Waals surface area contributed by atoms with E-state index in [1.54, 1.807) is 55.6 Å². The van der Waals surface area contributed by atoms with Crippen LogP contribution in [-0.4, -0.2) is 25.1 Å². The molecule has 1 aromatic heterocycles. The summed E-state index contributed by atoms with van der Waals surface area (Å²) in [4.78, 5) is 19.2. The molecule has 0 fully saturated rings. The normalized spacial score (nSPS) is 15.3. The fourth-order valence-corrected chi connectivity index (χ4v) is 3.44. The summed E-state index contributed by atoms with van der Waals surface area (Å²) in [5.41, 5.74) is 2.59. The number of amides is 1. The quantitative estimate of drug-likeness (QED) is 0.688. The third-order valence-electron chi connectivity index (χ3n) is 4.61. The van der Waals surface area contributed by atoms with Gasteiger partial charge in [-0.1, -0.05) is 11.6 Å². The number of benzene rings is 2. The lowest BCUT2D eigenvalue weighted by Crippen LogP contribution is -2.32. The molecule has 0 bridgehead atoms. The van der Waals surface area contributed by atoms with Crippen LogP contribution in [0.5, 0.6) is 11.5 Å². The van der Waals surface area contributed by atoms with Gasteiger partial charge in [-0.05, 0) is 54.6 Å². The summed E-state index contributed by atoms with van der Waals surface area (Å²) in [6, 6.07) is 16.1. The SMILES string of the molecule is COc1ccc(N2C(=O)c3cccnc3C2Nc2cc(Cl)ccc2OC)cc1. The Morgan fingerprint density at radius 1 is 1.07 bits per heavy atom. The highest BCUT2D eigenvalue weighted by Gasteiger charge is 2.39. The molecule has 6 nitrogen and oxygen atoms in total. The van der Waals surface area contributed by atoms with Crippen LogP contribution >= 0.6 is 11.6 Å². The van der Waals surface area contributed by atoms with Gasteiger partial charge in [0.15, 0.2) is 6.17 Å². The van der Waals surface area contributed by atoms with Gasteiger partial charge in [-0.25, -0.2) is 0 Å². The van der Waals surface area contributed by atoms with Crippen LogP contribution in [0.4, 0.5) is 11.4 Å². The van der Waals surface area contributed by atoms with E-state index in [1.807, 2.05) is 24.3 Å². The number of nitrogens with one attached hydrogen (secondary N) is 1. The zero-order valence-corrected chi connectivity index (χ0v) is 16.1. The third-order valence-corrected chi connectivity index (χ3v) is 4.84. The molecule has 0 radical (unpaired) electrons.